The van der Waals surface area contributed by atoms with E-state index in [0.29, 0.717) is 0 Å². The molecule has 12 nitrogen and oxygen atoms in total. The Balaban J connectivity index is 0.000000397. The van der Waals surface area contributed by atoms with Crippen LogP contribution < -0.4 is 31.3 Å². The number of rotatable bonds is 19. The lowest BCUT2D eigenvalue weighted by Crippen LogP contribution is -2.54. The van der Waals surface area contributed by atoms with Gasteiger partial charge in [-0.25, -0.2) is 28.1 Å². The predicted octanol–water partition coefficient (Wildman–Crippen LogP) is 8.02. The minimum absolute atomic E-state index is 0.0478. The molecule has 0 spiro atoms. The molecule has 0 unspecified atom stereocenters. The third-order valence-corrected chi connectivity index (χ3v) is 7.14. The molecule has 4 aromatic rings. The molecule has 0 bridgehead atoms. The number of ether oxygens (including phenoxy) is 3. The van der Waals surface area contributed by atoms with Gasteiger partial charge in [0.1, 0.15) is 19.8 Å². The molecular formula is C46H54N6O6. The third-order valence-electron chi connectivity index (χ3n) is 7.14. The van der Waals surface area contributed by atoms with Gasteiger partial charge in [-0.1, -0.05) is 148 Å². The average Bonchev–Trinajstić information content (AvgIpc) is 3.24. The van der Waals surface area contributed by atoms with Crippen molar-refractivity contribution in [3.63, 3.8) is 0 Å². The Morgan fingerprint density at radius 2 is 0.810 bits per heavy atom. The van der Waals surface area contributed by atoms with Crippen molar-refractivity contribution in [2.24, 2.45) is 0 Å². The van der Waals surface area contributed by atoms with Crippen molar-refractivity contribution in [3.05, 3.63) is 204 Å². The number of nitrogens with zero attached hydrogens (tertiary/aromatic N) is 6. The maximum atomic E-state index is 11.9. The Hall–Kier alpha value is -7.34. The van der Waals surface area contributed by atoms with Gasteiger partial charge in [0.05, 0.1) is 19.6 Å². The second kappa shape index (κ2) is 27.3. The van der Waals surface area contributed by atoms with Crippen molar-refractivity contribution in [3.8, 4) is 18.0 Å². The van der Waals surface area contributed by atoms with Gasteiger partial charge in [0.2, 0.25) is 0 Å². The zero-order valence-corrected chi connectivity index (χ0v) is 33.7. The summed E-state index contributed by atoms with van der Waals surface area (Å²) in [5, 5.41) is 0. The molecule has 4 rings (SSSR count). The first kappa shape index (κ1) is 48.7. The van der Waals surface area contributed by atoms with Crippen molar-refractivity contribution in [2.45, 2.75) is 33.5 Å². The highest BCUT2D eigenvalue weighted by Crippen LogP contribution is 2.18. The highest BCUT2D eigenvalue weighted by atomic mass is 16.5. The number of hydrogen-bond donors (Lipinski definition) is 0. The number of benzene rings is 2. The van der Waals surface area contributed by atoms with Crippen LogP contribution in [-0.2, 0) is 19.6 Å². The lowest BCUT2D eigenvalue weighted by Gasteiger charge is -2.10. The first-order valence-corrected chi connectivity index (χ1v) is 17.9. The molecule has 0 aliphatic carbocycles. The molecule has 0 N–H and O–H groups in total. The van der Waals surface area contributed by atoms with Gasteiger partial charge in [-0.05, 0) is 42.2 Å². The van der Waals surface area contributed by atoms with E-state index in [-0.39, 0.29) is 57.5 Å². The van der Waals surface area contributed by atoms with Crippen LogP contribution in [0.1, 0.15) is 36.1 Å². The topological polar surface area (TPSA) is 132 Å². The van der Waals surface area contributed by atoms with Crippen LogP contribution in [0.4, 0.5) is 0 Å². The van der Waals surface area contributed by atoms with E-state index in [2.05, 4.69) is 98.9 Å². The van der Waals surface area contributed by atoms with Crippen LogP contribution in [0.5, 0.6) is 18.0 Å². The molecule has 0 saturated carbocycles. The van der Waals surface area contributed by atoms with Crippen molar-refractivity contribution >= 4 is 23.3 Å². The van der Waals surface area contributed by atoms with Gasteiger partial charge in [0.15, 0.2) is 0 Å². The fourth-order valence-corrected chi connectivity index (χ4v) is 4.27. The van der Waals surface area contributed by atoms with Gasteiger partial charge in [-0.2, -0.15) is 0 Å². The van der Waals surface area contributed by atoms with E-state index in [0.717, 1.165) is 36.0 Å². The smallest absolute Gasteiger partial charge is 0.336 e. The van der Waals surface area contributed by atoms with E-state index in [9.17, 15) is 14.4 Å². The van der Waals surface area contributed by atoms with Gasteiger partial charge in [0.25, 0.3) is 0 Å². The van der Waals surface area contributed by atoms with Crippen LogP contribution in [0.25, 0.3) is 23.3 Å². The fraction of sp³-hybridized carbons (Fsp3) is 0.174. The average molecular weight is 787 g/mol. The summed E-state index contributed by atoms with van der Waals surface area (Å²) in [5.74, 6) is 0. The van der Waals surface area contributed by atoms with Crippen molar-refractivity contribution in [1.82, 2.24) is 28.7 Å². The number of aromatic nitrogens is 6. The van der Waals surface area contributed by atoms with Crippen LogP contribution >= 0.6 is 0 Å². The summed E-state index contributed by atoms with van der Waals surface area (Å²) in [6.07, 6.45) is 12.7. The SMILES string of the molecule is C=C(C)c1cccc(C(=C)C)c1.C=CCOc1nc(OCC=C)nc(OCC=C)n1.C=CCn1c(=O)n(CC=C)c(=O)n(CC=C)c1=O.C=Cc1ccc(C=C)cc1. The number of allylic oxidation sites excluding steroid dienone is 5. The normalized spacial score (nSPS) is 9.48. The first-order chi connectivity index (χ1) is 27.8. The minimum Gasteiger partial charge on any atom is -0.459 e. The Kier molecular flexibility index (Phi) is 22.9. The minimum atomic E-state index is -0.662. The van der Waals surface area contributed by atoms with E-state index in [1.54, 1.807) is 18.2 Å². The van der Waals surface area contributed by atoms with E-state index in [4.69, 9.17) is 14.2 Å². The second-order valence-electron chi connectivity index (χ2n) is 11.7. The quantitative estimate of drug-likeness (QED) is 0.0867. The van der Waals surface area contributed by atoms with E-state index in [1.165, 1.54) is 29.4 Å². The summed E-state index contributed by atoms with van der Waals surface area (Å²) in [7, 11) is 0. The molecule has 0 aliphatic rings. The van der Waals surface area contributed by atoms with Crippen LogP contribution in [-0.4, -0.2) is 48.5 Å². The van der Waals surface area contributed by atoms with E-state index in [1.807, 2.05) is 56.3 Å². The van der Waals surface area contributed by atoms with Crippen LogP contribution in [0.2, 0.25) is 0 Å². The highest BCUT2D eigenvalue weighted by molar-refractivity contribution is 5.68. The molecule has 58 heavy (non-hydrogen) atoms. The molecule has 0 aliphatic heterocycles. The zero-order chi connectivity index (χ0) is 43.5. The van der Waals surface area contributed by atoms with Crippen LogP contribution in [0.3, 0.4) is 0 Å². The van der Waals surface area contributed by atoms with E-state index >= 15 is 0 Å². The molecule has 304 valence electrons. The molecule has 0 fully saturated rings. The van der Waals surface area contributed by atoms with Crippen molar-refractivity contribution in [2.75, 3.05) is 19.8 Å². The number of hydrogen-bond acceptors (Lipinski definition) is 9. The molecule has 2 aromatic heterocycles. The van der Waals surface area contributed by atoms with E-state index < -0.39 is 17.1 Å². The van der Waals surface area contributed by atoms with Crippen molar-refractivity contribution in [1.29, 1.82) is 0 Å². The van der Waals surface area contributed by atoms with Crippen molar-refractivity contribution < 1.29 is 14.2 Å². The summed E-state index contributed by atoms with van der Waals surface area (Å²) in [4.78, 5) is 47.7. The van der Waals surface area contributed by atoms with Crippen LogP contribution in [0.15, 0.2) is 165 Å². The summed E-state index contributed by atoms with van der Waals surface area (Å²) >= 11 is 0. The lowest BCUT2D eigenvalue weighted by atomic mass is 10.0. The molecule has 0 amide bonds. The molecule has 12 heteroatoms. The summed E-state index contributed by atoms with van der Waals surface area (Å²) in [6, 6.07) is 16.7. The van der Waals surface area contributed by atoms with Crippen LogP contribution in [0, 0.1) is 0 Å². The van der Waals surface area contributed by atoms with Gasteiger partial charge >= 0.3 is 35.1 Å². The zero-order valence-electron chi connectivity index (χ0n) is 33.7. The lowest BCUT2D eigenvalue weighted by molar-refractivity contribution is 0.268. The molecule has 0 atom stereocenters. The second-order valence-corrected chi connectivity index (χ2v) is 11.7. The maximum Gasteiger partial charge on any atom is 0.336 e. The molecule has 0 saturated heterocycles. The van der Waals surface area contributed by atoms with Gasteiger partial charge in [0, 0.05) is 0 Å². The third kappa shape index (κ3) is 16.6. The maximum absolute atomic E-state index is 11.9. The largest absolute Gasteiger partial charge is 0.459 e. The molecule has 2 heterocycles. The molecule has 2 aromatic carbocycles. The standard InChI is InChI=1S/2C12H15N3O3.C12H14.C10H10/c1-4-7-16-10-13-11(17-8-5-2)15-12(14-10)18-9-6-3;1-4-7-13-10(16)14(8-5-2)12(18)15(9-6-3)11(13)17;1-9(2)11-6-5-7-12(8-11)10(3)4;1-3-9-5-7-10(4-2)8-6-9/h2*4-6H,1-3,7-9H2;5-8H,1,3H2,2,4H3;3-8H,1-2H2. The Morgan fingerprint density at radius 1 is 0.517 bits per heavy atom. The first-order valence-electron chi connectivity index (χ1n) is 17.9. The summed E-state index contributed by atoms with van der Waals surface area (Å²) in [5.41, 5.74) is 4.87. The monoisotopic (exact) mass is 786 g/mol. The Bertz CT molecular complexity index is 1990. The molecular weight excluding hydrogens is 733 g/mol. The summed E-state index contributed by atoms with van der Waals surface area (Å²) in [6.45, 7) is 41.2. The fourth-order valence-electron chi connectivity index (χ4n) is 4.27. The predicted molar refractivity (Wildman–Crippen MR) is 239 cm³/mol. The molecule has 0 radical (unpaired) electrons. The Morgan fingerprint density at radius 3 is 1.03 bits per heavy atom. The van der Waals surface area contributed by atoms with Gasteiger partial charge in [-0.15, -0.1) is 34.7 Å². The van der Waals surface area contributed by atoms with Gasteiger partial charge < -0.3 is 14.2 Å². The highest BCUT2D eigenvalue weighted by Gasteiger charge is 2.13. The summed E-state index contributed by atoms with van der Waals surface area (Å²) < 4.78 is 18.5. The Labute approximate surface area is 341 Å². The van der Waals surface area contributed by atoms with Gasteiger partial charge in [-0.3, -0.25) is 0 Å².